The van der Waals surface area contributed by atoms with Crippen LogP contribution in [0.2, 0.25) is 0 Å². The van der Waals surface area contributed by atoms with Crippen LogP contribution < -0.4 is 0 Å². The molecule has 0 amide bonds. The van der Waals surface area contributed by atoms with Crippen molar-refractivity contribution in [3.63, 3.8) is 0 Å². The molecular formula is C67H126O17P2. The Morgan fingerprint density at radius 2 is 0.628 bits per heavy atom. The number of phosphoric ester groups is 2. The zero-order valence-corrected chi connectivity index (χ0v) is 57.0. The molecule has 0 fully saturated rings. The van der Waals surface area contributed by atoms with Gasteiger partial charge in [0.15, 0.2) is 12.2 Å². The van der Waals surface area contributed by atoms with Gasteiger partial charge in [-0.1, -0.05) is 253 Å². The van der Waals surface area contributed by atoms with E-state index in [9.17, 15) is 43.2 Å². The average Bonchev–Trinajstić information content (AvgIpc) is 3.68. The Morgan fingerprint density at radius 3 is 0.942 bits per heavy atom. The molecule has 506 valence electrons. The second-order valence-corrected chi connectivity index (χ2v) is 27.9. The van der Waals surface area contributed by atoms with Crippen molar-refractivity contribution in [2.45, 2.75) is 324 Å². The van der Waals surface area contributed by atoms with E-state index in [1.54, 1.807) is 0 Å². The van der Waals surface area contributed by atoms with E-state index in [4.69, 9.17) is 37.0 Å². The molecule has 3 N–H and O–H groups in total. The summed E-state index contributed by atoms with van der Waals surface area (Å²) in [6.07, 6.45) is 42.8. The highest BCUT2D eigenvalue weighted by Crippen LogP contribution is 2.45. The Kier molecular flexibility index (Phi) is 56.0. The number of phosphoric acid groups is 2. The summed E-state index contributed by atoms with van der Waals surface area (Å²) in [4.78, 5) is 72.3. The highest BCUT2D eigenvalue weighted by molar-refractivity contribution is 7.47. The first-order valence-electron chi connectivity index (χ1n) is 34.2. The summed E-state index contributed by atoms with van der Waals surface area (Å²) in [6.45, 7) is 11.6. The second kappa shape index (κ2) is 57.7. The molecule has 0 rings (SSSR count). The zero-order chi connectivity index (χ0) is 63.8. The van der Waals surface area contributed by atoms with Gasteiger partial charge < -0.3 is 33.8 Å². The quantitative estimate of drug-likeness (QED) is 0.0169. The Balaban J connectivity index is 5.25. The standard InChI is InChI=1S/C67H126O17P2/c1-8-9-10-11-12-13-14-15-16-17-18-21-26-34-41-48-64(69)77-55-63(84-67(72)51-44-37-30-29-33-40-47-60(6)7)57-82-86(75,76)80-53-61(68)52-79-85(73,74)81-56-62(54-78-65(70)49-42-35-28-23-25-32-39-46-59(4)5)83-66(71)50-43-36-27-22-19-20-24-31-38-45-58(2)3/h13-16,58-63,68H,8-12,17-57H2,1-7H3,(H,73,74)(H,75,76)/b14-13-,16-15-/t61?,62-,63-/m1/s1. The smallest absolute Gasteiger partial charge is 0.462 e. The maximum absolute atomic E-state index is 13.0. The Labute approximate surface area is 522 Å². The number of hydrogen-bond donors (Lipinski definition) is 3. The molecule has 0 aromatic carbocycles. The number of rotatable bonds is 63. The Morgan fingerprint density at radius 1 is 0.360 bits per heavy atom. The van der Waals surface area contributed by atoms with Crippen LogP contribution >= 0.6 is 15.6 Å². The van der Waals surface area contributed by atoms with Crippen molar-refractivity contribution in [1.29, 1.82) is 0 Å². The second-order valence-electron chi connectivity index (χ2n) is 25.0. The van der Waals surface area contributed by atoms with E-state index in [1.165, 1.54) is 89.9 Å². The Bertz CT molecular complexity index is 1790. The van der Waals surface area contributed by atoms with Crippen molar-refractivity contribution in [3.05, 3.63) is 24.3 Å². The fourth-order valence-corrected chi connectivity index (χ4v) is 11.0. The third kappa shape index (κ3) is 60.5. The SMILES string of the molecule is CCCCCC/C=C\C=C/CCCCCCCC(=O)OC[C@H](COP(=O)(O)OCC(O)COP(=O)(O)OC[C@@H](COC(=O)CCCCCCCCCC(C)C)OC(=O)CCCCCCCCCCCC(C)C)OC(=O)CCCCCCCCC(C)C. The first kappa shape index (κ1) is 83.5. The highest BCUT2D eigenvalue weighted by atomic mass is 31.2. The monoisotopic (exact) mass is 1260 g/mol. The molecule has 0 aromatic rings. The number of aliphatic hydroxyl groups is 1. The number of carbonyl (C=O) groups is 4. The van der Waals surface area contributed by atoms with E-state index < -0.39 is 97.5 Å². The average molecular weight is 1270 g/mol. The van der Waals surface area contributed by atoms with Gasteiger partial charge in [0, 0.05) is 25.7 Å². The van der Waals surface area contributed by atoms with Gasteiger partial charge in [-0.05, 0) is 69.1 Å². The van der Waals surface area contributed by atoms with E-state index in [1.807, 2.05) is 0 Å². The third-order valence-electron chi connectivity index (χ3n) is 14.8. The van der Waals surface area contributed by atoms with E-state index in [0.29, 0.717) is 37.5 Å². The summed E-state index contributed by atoms with van der Waals surface area (Å²) in [5, 5.41) is 10.5. The lowest BCUT2D eigenvalue weighted by Crippen LogP contribution is -2.30. The molecule has 0 aliphatic carbocycles. The minimum absolute atomic E-state index is 0.0947. The minimum Gasteiger partial charge on any atom is -0.462 e. The van der Waals surface area contributed by atoms with E-state index in [2.05, 4.69) is 72.8 Å². The molecular weight excluding hydrogens is 1140 g/mol. The highest BCUT2D eigenvalue weighted by Gasteiger charge is 2.30. The fraction of sp³-hybridized carbons (Fsp3) is 0.881. The molecule has 0 aliphatic rings. The molecule has 0 saturated heterocycles. The molecule has 0 saturated carbocycles. The van der Waals surface area contributed by atoms with Crippen LogP contribution in [0.4, 0.5) is 0 Å². The number of carbonyl (C=O) groups excluding carboxylic acids is 4. The van der Waals surface area contributed by atoms with E-state index in [0.717, 1.165) is 121 Å². The van der Waals surface area contributed by atoms with Crippen molar-refractivity contribution in [2.24, 2.45) is 17.8 Å². The summed E-state index contributed by atoms with van der Waals surface area (Å²) < 4.78 is 68.0. The predicted octanol–water partition coefficient (Wildman–Crippen LogP) is 18.2. The third-order valence-corrected chi connectivity index (χ3v) is 16.7. The topological polar surface area (TPSA) is 237 Å². The van der Waals surface area contributed by atoms with Crippen molar-refractivity contribution >= 4 is 39.5 Å². The summed E-state index contributed by atoms with van der Waals surface area (Å²) in [5.74, 6) is -0.0636. The number of aliphatic hydroxyl groups excluding tert-OH is 1. The van der Waals surface area contributed by atoms with Crippen LogP contribution in [-0.4, -0.2) is 96.7 Å². The van der Waals surface area contributed by atoms with Crippen molar-refractivity contribution in [2.75, 3.05) is 39.6 Å². The fourth-order valence-electron chi connectivity index (χ4n) is 9.47. The number of unbranched alkanes of at least 4 members (excludes halogenated alkanes) is 28. The van der Waals surface area contributed by atoms with Gasteiger partial charge in [-0.25, -0.2) is 9.13 Å². The maximum Gasteiger partial charge on any atom is 0.472 e. The molecule has 19 heteroatoms. The van der Waals surface area contributed by atoms with Gasteiger partial charge in [-0.15, -0.1) is 0 Å². The molecule has 3 unspecified atom stereocenters. The molecule has 0 aliphatic heterocycles. The summed E-state index contributed by atoms with van der Waals surface area (Å²) >= 11 is 0. The number of ether oxygens (including phenoxy) is 4. The lowest BCUT2D eigenvalue weighted by Gasteiger charge is -2.21. The molecule has 0 spiro atoms. The number of hydrogen-bond acceptors (Lipinski definition) is 15. The summed E-state index contributed by atoms with van der Waals surface area (Å²) in [6, 6.07) is 0. The molecule has 0 bridgehead atoms. The number of allylic oxidation sites excluding steroid dienone is 4. The van der Waals surface area contributed by atoms with Crippen LogP contribution in [0.5, 0.6) is 0 Å². The normalized spacial score (nSPS) is 14.5. The zero-order valence-electron chi connectivity index (χ0n) is 55.3. The first-order valence-corrected chi connectivity index (χ1v) is 37.2. The molecule has 0 heterocycles. The van der Waals surface area contributed by atoms with Gasteiger partial charge in [0.25, 0.3) is 0 Å². The van der Waals surface area contributed by atoms with Gasteiger partial charge in [-0.3, -0.25) is 37.3 Å². The van der Waals surface area contributed by atoms with Gasteiger partial charge >= 0.3 is 39.5 Å². The van der Waals surface area contributed by atoms with Gasteiger partial charge in [0.05, 0.1) is 26.4 Å². The molecule has 0 radical (unpaired) electrons. The predicted molar refractivity (Wildman–Crippen MR) is 344 cm³/mol. The molecule has 17 nitrogen and oxygen atoms in total. The van der Waals surface area contributed by atoms with Gasteiger partial charge in [-0.2, -0.15) is 0 Å². The van der Waals surface area contributed by atoms with E-state index in [-0.39, 0.29) is 25.7 Å². The number of esters is 4. The van der Waals surface area contributed by atoms with Crippen LogP contribution in [0.1, 0.15) is 305 Å². The van der Waals surface area contributed by atoms with Gasteiger partial charge in [0.2, 0.25) is 0 Å². The van der Waals surface area contributed by atoms with Gasteiger partial charge in [0.1, 0.15) is 19.3 Å². The first-order chi connectivity index (χ1) is 41.2. The lowest BCUT2D eigenvalue weighted by molar-refractivity contribution is -0.161. The van der Waals surface area contributed by atoms with Crippen molar-refractivity contribution in [3.8, 4) is 0 Å². The van der Waals surface area contributed by atoms with Crippen LogP contribution in [0.15, 0.2) is 24.3 Å². The molecule has 5 atom stereocenters. The van der Waals surface area contributed by atoms with Crippen LogP contribution in [-0.2, 0) is 65.4 Å². The lowest BCUT2D eigenvalue weighted by atomic mass is 10.0. The minimum atomic E-state index is -4.95. The van der Waals surface area contributed by atoms with Crippen LogP contribution in [0.3, 0.4) is 0 Å². The summed E-state index contributed by atoms with van der Waals surface area (Å²) in [7, 11) is -9.90. The molecule has 86 heavy (non-hydrogen) atoms. The summed E-state index contributed by atoms with van der Waals surface area (Å²) in [5.41, 5.74) is 0. The Hall–Kier alpha value is -2.46. The van der Waals surface area contributed by atoms with Crippen LogP contribution in [0.25, 0.3) is 0 Å². The molecule has 0 aromatic heterocycles. The van der Waals surface area contributed by atoms with Crippen LogP contribution in [0, 0.1) is 17.8 Å². The maximum atomic E-state index is 13.0. The largest absolute Gasteiger partial charge is 0.472 e. The van der Waals surface area contributed by atoms with E-state index >= 15 is 0 Å². The van der Waals surface area contributed by atoms with Crippen molar-refractivity contribution in [1.82, 2.24) is 0 Å². The van der Waals surface area contributed by atoms with Crippen molar-refractivity contribution < 1.29 is 80.2 Å².